The van der Waals surface area contributed by atoms with Crippen molar-refractivity contribution in [1.82, 2.24) is 0 Å². The van der Waals surface area contributed by atoms with Gasteiger partial charge in [-0.3, -0.25) is 0 Å². The van der Waals surface area contributed by atoms with Gasteiger partial charge in [-0.25, -0.2) is 8.78 Å². The highest BCUT2D eigenvalue weighted by molar-refractivity contribution is 6.29. The zero-order valence-electron chi connectivity index (χ0n) is 18.4. The number of rotatable bonds is 7. The lowest BCUT2D eigenvalue weighted by atomic mass is 9.82. The molecule has 31 heavy (non-hydrogen) atoms. The summed E-state index contributed by atoms with van der Waals surface area (Å²) < 4.78 is 40.6. The largest absolute Gasteiger partial charge is 0.352 e. The van der Waals surface area contributed by atoms with Crippen LogP contribution >= 0.6 is 11.6 Å². The molecule has 1 aliphatic carbocycles. The summed E-state index contributed by atoms with van der Waals surface area (Å²) in [6.07, 6.45) is 7.86. The van der Waals surface area contributed by atoms with E-state index in [-0.39, 0.29) is 17.8 Å². The van der Waals surface area contributed by atoms with Gasteiger partial charge in [0, 0.05) is 23.3 Å². The molecule has 5 heteroatoms. The smallest absolute Gasteiger partial charge is 0.157 e. The second-order valence-corrected chi connectivity index (χ2v) is 9.33. The molecule has 0 radical (unpaired) electrons. The van der Waals surface area contributed by atoms with Crippen LogP contribution in [0.15, 0.2) is 23.7 Å². The van der Waals surface area contributed by atoms with Crippen LogP contribution in [0.5, 0.6) is 0 Å². The van der Waals surface area contributed by atoms with E-state index >= 15 is 0 Å². The molecule has 0 N–H and O–H groups in total. The molecule has 2 fully saturated rings. The first-order valence-corrected chi connectivity index (χ1v) is 11.9. The maximum Gasteiger partial charge on any atom is 0.157 e. The Morgan fingerprint density at radius 2 is 1.74 bits per heavy atom. The minimum atomic E-state index is -0.601. The van der Waals surface area contributed by atoms with E-state index in [1.54, 1.807) is 0 Å². The SMILES string of the molecule is C=C(Cl)C1CCC(C#Cc2c(F)cc(CCC3OCC(CCCC)CO3)cc2F)CC1. The Morgan fingerprint density at radius 1 is 1.10 bits per heavy atom. The molecule has 1 saturated carbocycles. The summed E-state index contributed by atoms with van der Waals surface area (Å²) in [7, 11) is 0. The van der Waals surface area contributed by atoms with Gasteiger partial charge in [-0.15, -0.1) is 0 Å². The summed E-state index contributed by atoms with van der Waals surface area (Å²) in [5.74, 6) is 5.52. The highest BCUT2D eigenvalue weighted by Gasteiger charge is 2.23. The molecule has 3 rings (SSSR count). The highest BCUT2D eigenvalue weighted by Crippen LogP contribution is 2.33. The number of hydrogen-bond donors (Lipinski definition) is 0. The molecule has 1 saturated heterocycles. The minimum Gasteiger partial charge on any atom is -0.352 e. The van der Waals surface area contributed by atoms with Gasteiger partial charge < -0.3 is 9.47 Å². The molecule has 1 heterocycles. The lowest BCUT2D eigenvalue weighted by molar-refractivity contribution is -0.203. The van der Waals surface area contributed by atoms with Gasteiger partial charge in [-0.2, -0.15) is 0 Å². The molecule has 0 atom stereocenters. The summed E-state index contributed by atoms with van der Waals surface area (Å²) in [6, 6.07) is 2.77. The van der Waals surface area contributed by atoms with Gasteiger partial charge in [-0.1, -0.05) is 49.8 Å². The van der Waals surface area contributed by atoms with Crippen LogP contribution in [0, 0.1) is 41.2 Å². The van der Waals surface area contributed by atoms with Gasteiger partial charge in [0.25, 0.3) is 0 Å². The molecule has 170 valence electrons. The Kier molecular flexibility index (Phi) is 9.38. The Labute approximate surface area is 190 Å². The van der Waals surface area contributed by atoms with E-state index in [0.717, 1.165) is 32.1 Å². The van der Waals surface area contributed by atoms with Crippen molar-refractivity contribution in [3.8, 4) is 11.8 Å². The number of halogens is 3. The molecule has 1 aliphatic heterocycles. The van der Waals surface area contributed by atoms with Gasteiger partial charge in [0.2, 0.25) is 0 Å². The van der Waals surface area contributed by atoms with Crippen molar-refractivity contribution in [1.29, 1.82) is 0 Å². The van der Waals surface area contributed by atoms with E-state index in [9.17, 15) is 8.78 Å². The summed E-state index contributed by atoms with van der Waals surface area (Å²) in [6.45, 7) is 7.37. The van der Waals surface area contributed by atoms with E-state index in [1.807, 2.05) is 0 Å². The van der Waals surface area contributed by atoms with Crippen molar-refractivity contribution in [3.63, 3.8) is 0 Å². The fourth-order valence-electron chi connectivity index (χ4n) is 4.31. The maximum absolute atomic E-state index is 14.5. The Balaban J connectivity index is 1.50. The topological polar surface area (TPSA) is 18.5 Å². The first-order chi connectivity index (χ1) is 15.0. The van der Waals surface area contributed by atoms with E-state index in [0.29, 0.717) is 48.5 Å². The van der Waals surface area contributed by atoms with Crippen LogP contribution in [0.3, 0.4) is 0 Å². The molecule has 2 aliphatic rings. The van der Waals surface area contributed by atoms with Gasteiger partial charge in [0.05, 0.1) is 18.8 Å². The molecule has 0 unspecified atom stereocenters. The minimum absolute atomic E-state index is 0.142. The average molecular weight is 451 g/mol. The fraction of sp³-hybridized carbons (Fsp3) is 0.615. The van der Waals surface area contributed by atoms with E-state index in [2.05, 4.69) is 25.3 Å². The van der Waals surface area contributed by atoms with Crippen LogP contribution in [0.2, 0.25) is 0 Å². The van der Waals surface area contributed by atoms with Gasteiger partial charge in [0.1, 0.15) is 11.6 Å². The third kappa shape index (κ3) is 7.31. The van der Waals surface area contributed by atoms with Crippen molar-refractivity contribution in [3.05, 3.63) is 46.5 Å². The Bertz CT molecular complexity index is 774. The Hall–Kier alpha value is -1.41. The number of aryl methyl sites for hydroxylation is 1. The van der Waals surface area contributed by atoms with Gasteiger partial charge in [0.15, 0.2) is 6.29 Å². The van der Waals surface area contributed by atoms with E-state index in [4.69, 9.17) is 21.1 Å². The monoisotopic (exact) mass is 450 g/mol. The second kappa shape index (κ2) is 12.0. The lowest BCUT2D eigenvalue weighted by Crippen LogP contribution is -2.32. The van der Waals surface area contributed by atoms with Crippen LogP contribution in [-0.4, -0.2) is 19.5 Å². The normalized spacial score (nSPS) is 26.2. The predicted octanol–water partition coefficient (Wildman–Crippen LogP) is 6.99. The fourth-order valence-corrected chi connectivity index (χ4v) is 4.53. The molecule has 0 spiro atoms. The Morgan fingerprint density at radius 3 is 2.32 bits per heavy atom. The van der Waals surface area contributed by atoms with E-state index < -0.39 is 11.6 Å². The van der Waals surface area contributed by atoms with Crippen molar-refractivity contribution < 1.29 is 18.3 Å². The van der Waals surface area contributed by atoms with Crippen molar-refractivity contribution in [2.75, 3.05) is 13.2 Å². The van der Waals surface area contributed by atoms with Crippen LogP contribution < -0.4 is 0 Å². The van der Waals surface area contributed by atoms with Crippen molar-refractivity contribution in [2.24, 2.45) is 17.8 Å². The number of allylic oxidation sites excluding steroid dienone is 1. The highest BCUT2D eigenvalue weighted by atomic mass is 35.5. The summed E-state index contributed by atoms with van der Waals surface area (Å²) in [4.78, 5) is 0. The summed E-state index contributed by atoms with van der Waals surface area (Å²) in [5.41, 5.74) is 0.457. The molecular formula is C26H33ClF2O2. The number of benzene rings is 1. The number of hydrogen-bond acceptors (Lipinski definition) is 2. The molecule has 0 amide bonds. The van der Waals surface area contributed by atoms with E-state index in [1.165, 1.54) is 25.0 Å². The lowest BCUT2D eigenvalue weighted by Gasteiger charge is -2.29. The molecule has 1 aromatic carbocycles. The number of ether oxygens (including phenoxy) is 2. The molecule has 0 bridgehead atoms. The maximum atomic E-state index is 14.5. The average Bonchev–Trinajstić information content (AvgIpc) is 2.76. The van der Waals surface area contributed by atoms with Crippen LogP contribution in [0.25, 0.3) is 0 Å². The first kappa shape index (κ1) is 24.2. The number of unbranched alkanes of at least 4 members (excludes halogenated alkanes) is 1. The standard InChI is InChI=1S/C26H33ClF2O2/c1-3-4-5-21-16-30-26(31-17-21)13-9-20-14-24(28)23(25(29)15-20)12-8-19-6-10-22(11-7-19)18(2)27/h14-15,19,21-22,26H,2-7,9-11,13,16-17H2,1H3. The quantitative estimate of drug-likeness (QED) is 0.417. The molecule has 2 nitrogen and oxygen atoms in total. The summed E-state index contributed by atoms with van der Waals surface area (Å²) >= 11 is 5.99. The third-order valence-corrected chi connectivity index (χ3v) is 6.65. The second-order valence-electron chi connectivity index (χ2n) is 8.84. The van der Waals surface area contributed by atoms with Crippen molar-refractivity contribution in [2.45, 2.75) is 71.0 Å². The molecular weight excluding hydrogens is 418 g/mol. The molecule has 1 aromatic rings. The predicted molar refractivity (Wildman–Crippen MR) is 121 cm³/mol. The zero-order chi connectivity index (χ0) is 22.2. The first-order valence-electron chi connectivity index (χ1n) is 11.5. The molecule has 0 aromatic heterocycles. The third-order valence-electron chi connectivity index (χ3n) is 6.34. The summed E-state index contributed by atoms with van der Waals surface area (Å²) in [5, 5.41) is 0.694. The van der Waals surface area contributed by atoms with Crippen LogP contribution in [-0.2, 0) is 15.9 Å². The van der Waals surface area contributed by atoms with Gasteiger partial charge >= 0.3 is 0 Å². The van der Waals surface area contributed by atoms with Gasteiger partial charge in [-0.05, 0) is 62.1 Å². The van der Waals surface area contributed by atoms with Crippen molar-refractivity contribution >= 4 is 11.6 Å². The zero-order valence-corrected chi connectivity index (χ0v) is 19.2. The van der Waals surface area contributed by atoms with Crippen LogP contribution in [0.1, 0.15) is 69.4 Å². The van der Waals surface area contributed by atoms with Crippen LogP contribution in [0.4, 0.5) is 8.78 Å².